The van der Waals surface area contributed by atoms with E-state index in [1.807, 2.05) is 0 Å². The number of benzene rings is 2. The number of hydrogen-bond acceptors (Lipinski definition) is 7. The summed E-state index contributed by atoms with van der Waals surface area (Å²) in [6.45, 7) is 0. The average Bonchev–Trinajstić information content (AvgIpc) is 2.74. The number of carbonyl (C=O) groups is 2. The van der Waals surface area contributed by atoms with Gasteiger partial charge in [0, 0.05) is 29.7 Å². The van der Waals surface area contributed by atoms with Gasteiger partial charge in [0.1, 0.15) is 5.02 Å². The minimum absolute atomic E-state index is 0.0663. The van der Waals surface area contributed by atoms with Crippen molar-refractivity contribution in [3.05, 3.63) is 93.5 Å². The molecule has 0 aliphatic carbocycles. The van der Waals surface area contributed by atoms with Gasteiger partial charge >= 0.3 is 5.97 Å². The van der Waals surface area contributed by atoms with Gasteiger partial charge in [-0.25, -0.2) is 9.78 Å². The van der Waals surface area contributed by atoms with Gasteiger partial charge in [0.25, 0.3) is 11.6 Å². The van der Waals surface area contributed by atoms with Crippen molar-refractivity contribution in [3.63, 3.8) is 0 Å². The third-order valence-electron chi connectivity index (χ3n) is 3.75. The van der Waals surface area contributed by atoms with Crippen LogP contribution in [0, 0.1) is 10.1 Å². The summed E-state index contributed by atoms with van der Waals surface area (Å²) in [5.74, 6) is -1.55. The summed E-state index contributed by atoms with van der Waals surface area (Å²) in [7, 11) is 0. The van der Waals surface area contributed by atoms with Crippen LogP contribution >= 0.6 is 11.6 Å². The number of nitrogens with zero attached hydrogens (tertiary/aromatic N) is 3. The van der Waals surface area contributed by atoms with Crippen LogP contribution in [-0.2, 0) is 9.53 Å². The van der Waals surface area contributed by atoms with Crippen molar-refractivity contribution >= 4 is 34.9 Å². The first-order valence-corrected chi connectivity index (χ1v) is 8.60. The zero-order valence-electron chi connectivity index (χ0n) is 14.7. The number of anilines is 1. The molecule has 0 spiro atoms. The maximum atomic E-state index is 12.8. The predicted octanol–water partition coefficient (Wildman–Crippen LogP) is 3.58. The molecule has 0 radical (unpaired) electrons. The van der Waals surface area contributed by atoms with Crippen molar-refractivity contribution in [1.82, 2.24) is 9.97 Å². The molecule has 0 bridgehead atoms. The monoisotopic (exact) mass is 412 g/mol. The first kappa shape index (κ1) is 19.9. The molecule has 3 rings (SSSR count). The molecule has 0 saturated carbocycles. The van der Waals surface area contributed by atoms with E-state index in [4.69, 9.17) is 16.3 Å². The summed E-state index contributed by atoms with van der Waals surface area (Å²) in [6, 6.07) is 12.1. The molecule has 1 amide bonds. The van der Waals surface area contributed by atoms with Crippen molar-refractivity contribution in [2.24, 2.45) is 0 Å². The lowest BCUT2D eigenvalue weighted by Crippen LogP contribution is -2.26. The van der Waals surface area contributed by atoms with Crippen LogP contribution in [0.1, 0.15) is 22.2 Å². The number of carbonyl (C=O) groups excluding carboxylic acids is 2. The molecule has 1 atom stereocenters. The Bertz CT molecular complexity index is 1050. The van der Waals surface area contributed by atoms with Crippen molar-refractivity contribution < 1.29 is 19.2 Å². The number of hydrogen-bond donors (Lipinski definition) is 1. The second kappa shape index (κ2) is 8.89. The molecule has 2 aromatic carbocycles. The molecule has 0 unspecified atom stereocenters. The molecule has 0 aliphatic heterocycles. The van der Waals surface area contributed by atoms with Gasteiger partial charge < -0.3 is 10.1 Å². The molecule has 0 saturated heterocycles. The topological polar surface area (TPSA) is 124 Å². The minimum Gasteiger partial charge on any atom is -0.443 e. The smallest absolute Gasteiger partial charge is 0.359 e. The van der Waals surface area contributed by atoms with Gasteiger partial charge in [0.05, 0.1) is 11.1 Å². The van der Waals surface area contributed by atoms with Gasteiger partial charge in [-0.3, -0.25) is 19.9 Å². The SMILES string of the molecule is O=C(O[C@H](C(=O)Nc1ccc(Cl)c([N+](=O)[O-])c1)c1ccccc1)c1cnccn1. The molecule has 1 N–H and O–H groups in total. The zero-order chi connectivity index (χ0) is 20.8. The molecule has 0 fully saturated rings. The molecule has 0 aliphatic rings. The number of aromatic nitrogens is 2. The summed E-state index contributed by atoms with van der Waals surface area (Å²) >= 11 is 5.79. The van der Waals surface area contributed by atoms with Gasteiger partial charge in [-0.1, -0.05) is 41.9 Å². The van der Waals surface area contributed by atoms with Crippen molar-refractivity contribution in [3.8, 4) is 0 Å². The Labute approximate surface area is 169 Å². The number of esters is 1. The molecule has 146 valence electrons. The highest BCUT2D eigenvalue weighted by Gasteiger charge is 2.27. The molecule has 1 heterocycles. The molecule has 9 nitrogen and oxygen atoms in total. The molecular weight excluding hydrogens is 400 g/mol. The molecule has 10 heteroatoms. The fourth-order valence-corrected chi connectivity index (χ4v) is 2.60. The number of nitro benzene ring substituents is 1. The highest BCUT2D eigenvalue weighted by Crippen LogP contribution is 2.28. The Hall–Kier alpha value is -3.85. The van der Waals surface area contributed by atoms with Gasteiger partial charge in [-0.15, -0.1) is 0 Å². The highest BCUT2D eigenvalue weighted by molar-refractivity contribution is 6.32. The van der Waals surface area contributed by atoms with Crippen molar-refractivity contribution in [1.29, 1.82) is 0 Å². The van der Waals surface area contributed by atoms with E-state index >= 15 is 0 Å². The largest absolute Gasteiger partial charge is 0.443 e. The first-order chi connectivity index (χ1) is 14.0. The quantitative estimate of drug-likeness (QED) is 0.372. The molecule has 1 aromatic heterocycles. The van der Waals surface area contributed by atoms with Crippen LogP contribution < -0.4 is 5.32 Å². The highest BCUT2D eigenvalue weighted by atomic mass is 35.5. The van der Waals surface area contributed by atoms with Gasteiger partial charge in [-0.05, 0) is 12.1 Å². The normalized spacial score (nSPS) is 11.3. The summed E-state index contributed by atoms with van der Waals surface area (Å²) in [6.07, 6.45) is 2.61. The van der Waals surface area contributed by atoms with Gasteiger partial charge in [-0.2, -0.15) is 0 Å². The maximum Gasteiger partial charge on any atom is 0.359 e. The van der Waals surface area contributed by atoms with Crippen LogP contribution in [0.15, 0.2) is 67.1 Å². The fourth-order valence-electron chi connectivity index (χ4n) is 2.41. The summed E-state index contributed by atoms with van der Waals surface area (Å²) < 4.78 is 5.34. The number of nitro groups is 1. The number of amides is 1. The molecular formula is C19H13ClN4O5. The van der Waals surface area contributed by atoms with E-state index in [1.165, 1.54) is 30.7 Å². The Morgan fingerprint density at radius 2 is 1.90 bits per heavy atom. The zero-order valence-corrected chi connectivity index (χ0v) is 15.4. The maximum absolute atomic E-state index is 12.8. The van der Waals surface area contributed by atoms with Gasteiger partial charge in [0.2, 0.25) is 6.10 Å². The molecule has 29 heavy (non-hydrogen) atoms. The summed E-state index contributed by atoms with van der Waals surface area (Å²) in [5.41, 5.74) is 0.105. The van der Waals surface area contributed by atoms with Crippen LogP contribution in [0.2, 0.25) is 5.02 Å². The Morgan fingerprint density at radius 3 is 2.55 bits per heavy atom. The van der Waals surface area contributed by atoms with E-state index in [-0.39, 0.29) is 22.1 Å². The van der Waals surface area contributed by atoms with E-state index in [0.29, 0.717) is 5.56 Å². The Balaban J connectivity index is 1.86. The third kappa shape index (κ3) is 4.90. The van der Waals surface area contributed by atoms with Crippen LogP contribution in [0.25, 0.3) is 0 Å². The number of nitrogens with one attached hydrogen (secondary N) is 1. The average molecular weight is 413 g/mol. The Kier molecular flexibility index (Phi) is 6.10. The van der Waals surface area contributed by atoms with E-state index in [0.717, 1.165) is 6.07 Å². The summed E-state index contributed by atoms with van der Waals surface area (Å²) in [5, 5.41) is 13.5. The summed E-state index contributed by atoms with van der Waals surface area (Å²) in [4.78, 5) is 43.2. The lowest BCUT2D eigenvalue weighted by Gasteiger charge is -2.18. The number of halogens is 1. The lowest BCUT2D eigenvalue weighted by molar-refractivity contribution is -0.384. The van der Waals surface area contributed by atoms with E-state index in [9.17, 15) is 19.7 Å². The second-order valence-corrected chi connectivity index (χ2v) is 6.11. The Morgan fingerprint density at radius 1 is 1.14 bits per heavy atom. The second-order valence-electron chi connectivity index (χ2n) is 5.70. The predicted molar refractivity (Wildman–Crippen MR) is 103 cm³/mol. The van der Waals surface area contributed by atoms with Crippen molar-refractivity contribution in [2.75, 3.05) is 5.32 Å². The van der Waals surface area contributed by atoms with Gasteiger partial charge in [0.15, 0.2) is 5.69 Å². The van der Waals surface area contributed by atoms with Crippen LogP contribution in [-0.4, -0.2) is 26.8 Å². The van der Waals surface area contributed by atoms with E-state index < -0.39 is 22.9 Å². The van der Waals surface area contributed by atoms with Crippen LogP contribution in [0.3, 0.4) is 0 Å². The molecule has 3 aromatic rings. The minimum atomic E-state index is -1.32. The fraction of sp³-hybridized carbons (Fsp3) is 0.0526. The first-order valence-electron chi connectivity index (χ1n) is 8.22. The van der Waals surface area contributed by atoms with Crippen LogP contribution in [0.4, 0.5) is 11.4 Å². The third-order valence-corrected chi connectivity index (χ3v) is 4.07. The standard InChI is InChI=1S/C19H13ClN4O5/c20-14-7-6-13(10-16(14)24(27)28)23-18(25)17(12-4-2-1-3-5-12)29-19(26)15-11-21-8-9-22-15/h1-11,17H,(H,23,25)/t17-/m0/s1. The number of rotatable bonds is 6. The van der Waals surface area contributed by atoms with Crippen molar-refractivity contribution in [2.45, 2.75) is 6.10 Å². The number of ether oxygens (including phenoxy) is 1. The van der Waals surface area contributed by atoms with E-state index in [2.05, 4.69) is 15.3 Å². The lowest BCUT2D eigenvalue weighted by atomic mass is 10.1. The van der Waals surface area contributed by atoms with E-state index in [1.54, 1.807) is 30.3 Å². The van der Waals surface area contributed by atoms with Crippen LogP contribution in [0.5, 0.6) is 0 Å².